The SMILES string of the molecule is CC(C)(C)OC(=O)N[C@H]1CCCCCC=C[C@@H]2C[C@@]2(C(=O)NS(=O)(=O)c2ccccc2)NC(=O)[C@@H]2CCCN2C1=O. The third-order valence-corrected chi connectivity index (χ3v) is 8.95. The molecule has 1 saturated heterocycles. The lowest BCUT2D eigenvalue weighted by Crippen LogP contribution is -2.58. The largest absolute Gasteiger partial charge is 0.444 e. The predicted octanol–water partition coefficient (Wildman–Crippen LogP) is 2.77. The summed E-state index contributed by atoms with van der Waals surface area (Å²) in [5.41, 5.74) is -2.18. The van der Waals surface area contributed by atoms with Gasteiger partial charge >= 0.3 is 6.09 Å². The van der Waals surface area contributed by atoms with E-state index >= 15 is 0 Å². The molecule has 0 unspecified atom stereocenters. The molecule has 1 aliphatic carbocycles. The van der Waals surface area contributed by atoms with Crippen molar-refractivity contribution in [1.29, 1.82) is 0 Å². The Morgan fingerprint density at radius 2 is 1.78 bits per heavy atom. The number of carbonyl (C=O) groups excluding carboxylic acids is 4. The van der Waals surface area contributed by atoms with Gasteiger partial charge in [-0.25, -0.2) is 17.9 Å². The average molecular weight is 589 g/mol. The first-order chi connectivity index (χ1) is 19.3. The molecule has 1 aromatic rings. The van der Waals surface area contributed by atoms with Gasteiger partial charge in [0.2, 0.25) is 11.8 Å². The Kier molecular flexibility index (Phi) is 9.10. The molecular formula is C29H40N4O7S. The first-order valence-electron chi connectivity index (χ1n) is 14.2. The summed E-state index contributed by atoms with van der Waals surface area (Å²) >= 11 is 0. The molecule has 12 heteroatoms. The van der Waals surface area contributed by atoms with Gasteiger partial charge in [-0.1, -0.05) is 43.2 Å². The number of benzene rings is 1. The van der Waals surface area contributed by atoms with Crippen LogP contribution < -0.4 is 15.4 Å². The highest BCUT2D eigenvalue weighted by atomic mass is 32.2. The normalized spacial score (nSPS) is 27.4. The van der Waals surface area contributed by atoms with E-state index in [4.69, 9.17) is 4.74 Å². The molecule has 1 aromatic carbocycles. The van der Waals surface area contributed by atoms with Crippen LogP contribution in [-0.2, 0) is 29.1 Å². The van der Waals surface area contributed by atoms with Crippen LogP contribution in [0.3, 0.4) is 0 Å². The minimum absolute atomic E-state index is 0.0583. The number of sulfonamides is 1. The third-order valence-electron chi connectivity index (χ3n) is 7.61. The third kappa shape index (κ3) is 7.46. The van der Waals surface area contributed by atoms with Crippen molar-refractivity contribution in [3.05, 3.63) is 42.5 Å². The number of hydrogen-bond acceptors (Lipinski definition) is 7. The standard InChI is InChI=1S/C29H40N4O7S/c1-28(2,3)40-27(37)30-22-16-11-6-4-5-8-13-20-19-29(20,31-24(34)23-17-12-18-33(23)25(22)35)26(36)32-41(38,39)21-14-9-7-10-15-21/h7-10,13-15,20,22-23H,4-6,11-12,16-19H2,1-3H3,(H,30,37)(H,31,34)(H,32,36)/t20-,22+,23+,29-/m1/s1. The van der Waals surface area contributed by atoms with Gasteiger partial charge in [-0.3, -0.25) is 14.4 Å². The summed E-state index contributed by atoms with van der Waals surface area (Å²) in [4.78, 5) is 54.7. The van der Waals surface area contributed by atoms with Gasteiger partial charge in [-0.05, 0) is 71.4 Å². The minimum Gasteiger partial charge on any atom is -0.444 e. The number of nitrogens with zero attached hydrogens (tertiary/aromatic N) is 1. The number of nitrogens with one attached hydrogen (secondary N) is 3. The second kappa shape index (κ2) is 12.2. The predicted molar refractivity (Wildman–Crippen MR) is 151 cm³/mol. The number of amides is 4. The number of alkyl carbamates (subject to hydrolysis) is 1. The van der Waals surface area contributed by atoms with Gasteiger partial charge in [0.1, 0.15) is 23.2 Å². The van der Waals surface area contributed by atoms with Crippen molar-refractivity contribution in [2.45, 2.75) is 100 Å². The highest BCUT2D eigenvalue weighted by molar-refractivity contribution is 7.90. The van der Waals surface area contributed by atoms with E-state index in [1.165, 1.54) is 17.0 Å². The zero-order valence-electron chi connectivity index (χ0n) is 23.9. The van der Waals surface area contributed by atoms with Crippen molar-refractivity contribution in [3.63, 3.8) is 0 Å². The molecule has 4 atom stereocenters. The average Bonchev–Trinajstić information content (AvgIpc) is 3.36. The smallest absolute Gasteiger partial charge is 0.408 e. The Morgan fingerprint density at radius 3 is 2.49 bits per heavy atom. The molecule has 224 valence electrons. The molecule has 0 spiro atoms. The number of carbonyl (C=O) groups is 4. The molecule has 0 radical (unpaired) electrons. The molecule has 3 N–H and O–H groups in total. The summed E-state index contributed by atoms with van der Waals surface area (Å²) < 4.78 is 33.3. The lowest BCUT2D eigenvalue weighted by Gasteiger charge is -2.30. The fourth-order valence-electron chi connectivity index (χ4n) is 5.42. The van der Waals surface area contributed by atoms with E-state index in [1.807, 2.05) is 12.2 Å². The Balaban J connectivity index is 1.56. The van der Waals surface area contributed by atoms with E-state index in [0.717, 1.165) is 19.3 Å². The molecule has 3 aliphatic rings. The summed E-state index contributed by atoms with van der Waals surface area (Å²) in [6.45, 7) is 5.54. The topological polar surface area (TPSA) is 151 Å². The number of fused-ring (bicyclic) bond motifs is 2. The first-order valence-corrected chi connectivity index (χ1v) is 15.7. The van der Waals surface area contributed by atoms with Crippen molar-refractivity contribution >= 4 is 33.8 Å². The lowest BCUT2D eigenvalue weighted by atomic mass is 10.0. The Morgan fingerprint density at radius 1 is 1.05 bits per heavy atom. The first kappa shape index (κ1) is 30.5. The molecule has 2 aliphatic heterocycles. The van der Waals surface area contributed by atoms with Gasteiger partial charge in [0.15, 0.2) is 0 Å². The lowest BCUT2D eigenvalue weighted by molar-refractivity contribution is -0.141. The maximum Gasteiger partial charge on any atom is 0.408 e. The fourth-order valence-corrected chi connectivity index (χ4v) is 6.47. The van der Waals surface area contributed by atoms with E-state index in [9.17, 15) is 27.6 Å². The summed E-state index contributed by atoms with van der Waals surface area (Å²) in [5, 5.41) is 5.52. The van der Waals surface area contributed by atoms with Crippen LogP contribution in [0.1, 0.15) is 72.1 Å². The molecule has 1 saturated carbocycles. The van der Waals surface area contributed by atoms with Crippen LogP contribution in [0.25, 0.3) is 0 Å². The quantitative estimate of drug-likeness (QED) is 0.458. The van der Waals surface area contributed by atoms with Gasteiger partial charge in [0.05, 0.1) is 4.90 Å². The molecule has 41 heavy (non-hydrogen) atoms. The van der Waals surface area contributed by atoms with Crippen LogP contribution in [0.4, 0.5) is 4.79 Å². The van der Waals surface area contributed by atoms with E-state index in [-0.39, 0.29) is 23.1 Å². The maximum atomic E-state index is 13.7. The van der Waals surface area contributed by atoms with Gasteiger partial charge < -0.3 is 20.3 Å². The van der Waals surface area contributed by atoms with Crippen LogP contribution in [0, 0.1) is 5.92 Å². The zero-order chi connectivity index (χ0) is 29.8. The zero-order valence-corrected chi connectivity index (χ0v) is 24.7. The van der Waals surface area contributed by atoms with E-state index in [0.29, 0.717) is 32.2 Å². The molecule has 2 heterocycles. The van der Waals surface area contributed by atoms with E-state index in [1.54, 1.807) is 39.0 Å². The van der Waals surface area contributed by atoms with Crippen molar-refractivity contribution in [1.82, 2.24) is 20.3 Å². The Labute approximate surface area is 241 Å². The number of ether oxygens (including phenoxy) is 1. The molecular weight excluding hydrogens is 548 g/mol. The molecule has 0 aromatic heterocycles. The number of rotatable bonds is 4. The van der Waals surface area contributed by atoms with E-state index < -0.39 is 51.2 Å². The maximum absolute atomic E-state index is 13.7. The monoisotopic (exact) mass is 588 g/mol. The van der Waals surface area contributed by atoms with Crippen molar-refractivity contribution in [2.24, 2.45) is 5.92 Å². The summed E-state index contributed by atoms with van der Waals surface area (Å²) in [5.74, 6) is -2.09. The van der Waals surface area contributed by atoms with Crippen LogP contribution in [0.5, 0.6) is 0 Å². The van der Waals surface area contributed by atoms with Crippen LogP contribution in [0.15, 0.2) is 47.4 Å². The van der Waals surface area contributed by atoms with E-state index in [2.05, 4.69) is 15.4 Å². The highest BCUT2D eigenvalue weighted by Crippen LogP contribution is 2.45. The van der Waals surface area contributed by atoms with Gasteiger partial charge in [-0.2, -0.15) is 0 Å². The van der Waals surface area contributed by atoms with Gasteiger partial charge in [0.25, 0.3) is 15.9 Å². The Bertz CT molecular complexity index is 1290. The second-order valence-electron chi connectivity index (χ2n) is 12.0. The highest BCUT2D eigenvalue weighted by Gasteiger charge is 2.61. The Hall–Kier alpha value is -3.41. The summed E-state index contributed by atoms with van der Waals surface area (Å²) in [6, 6.07) is 5.85. The van der Waals surface area contributed by atoms with Crippen LogP contribution in [0.2, 0.25) is 0 Å². The van der Waals surface area contributed by atoms with Crippen molar-refractivity contribution in [2.75, 3.05) is 6.54 Å². The van der Waals surface area contributed by atoms with Gasteiger partial charge in [0, 0.05) is 12.5 Å². The molecule has 11 nitrogen and oxygen atoms in total. The molecule has 4 rings (SSSR count). The summed E-state index contributed by atoms with van der Waals surface area (Å²) in [6.07, 6.45) is 7.77. The number of allylic oxidation sites excluding steroid dienone is 1. The molecule has 0 bridgehead atoms. The van der Waals surface area contributed by atoms with Crippen molar-refractivity contribution in [3.8, 4) is 0 Å². The number of hydrogen-bond donors (Lipinski definition) is 3. The molecule has 4 amide bonds. The summed E-state index contributed by atoms with van der Waals surface area (Å²) in [7, 11) is -4.15. The molecule has 2 fully saturated rings. The fraction of sp³-hybridized carbons (Fsp3) is 0.586. The van der Waals surface area contributed by atoms with Crippen molar-refractivity contribution < 1.29 is 32.3 Å². The van der Waals surface area contributed by atoms with Crippen LogP contribution in [-0.4, -0.2) is 66.9 Å². The second-order valence-corrected chi connectivity index (χ2v) is 13.7. The van der Waals surface area contributed by atoms with Gasteiger partial charge in [-0.15, -0.1) is 0 Å². The van der Waals surface area contributed by atoms with Crippen LogP contribution >= 0.6 is 0 Å². The minimum atomic E-state index is -4.15.